The van der Waals surface area contributed by atoms with Crippen LogP contribution in [0.4, 0.5) is 0 Å². The first kappa shape index (κ1) is 14.4. The first-order valence-corrected chi connectivity index (χ1v) is 7.32. The van der Waals surface area contributed by atoms with Crippen LogP contribution in [0, 0.1) is 0 Å². The molecule has 2 rings (SSSR count). The average Bonchev–Trinajstić information content (AvgIpc) is 2.96. The molecule has 1 heterocycles. The lowest BCUT2D eigenvalue weighted by Gasteiger charge is -2.11. The van der Waals surface area contributed by atoms with E-state index in [0.717, 1.165) is 43.8 Å². The summed E-state index contributed by atoms with van der Waals surface area (Å²) >= 11 is 0. The van der Waals surface area contributed by atoms with Gasteiger partial charge in [0.15, 0.2) is 0 Å². The zero-order chi connectivity index (χ0) is 13.5. The van der Waals surface area contributed by atoms with Crippen LogP contribution in [0.25, 0.3) is 0 Å². The van der Waals surface area contributed by atoms with Crippen LogP contribution >= 0.6 is 0 Å². The predicted octanol–water partition coefficient (Wildman–Crippen LogP) is 3.47. The van der Waals surface area contributed by atoms with Crippen molar-refractivity contribution in [3.8, 4) is 5.75 Å². The molecule has 1 aliphatic rings. The third-order valence-electron chi connectivity index (χ3n) is 3.61. The van der Waals surface area contributed by atoms with Crippen molar-refractivity contribution in [2.75, 3.05) is 13.2 Å². The van der Waals surface area contributed by atoms with Crippen molar-refractivity contribution in [1.29, 1.82) is 0 Å². The smallest absolute Gasteiger partial charge is 0.119 e. The second-order valence-corrected chi connectivity index (χ2v) is 5.12. The van der Waals surface area contributed by atoms with Crippen molar-refractivity contribution in [3.63, 3.8) is 0 Å². The molecular weight excluding hydrogens is 240 g/mol. The van der Waals surface area contributed by atoms with Crippen LogP contribution < -0.4 is 4.74 Å². The van der Waals surface area contributed by atoms with Crippen molar-refractivity contribution < 1.29 is 14.6 Å². The SMILES string of the molecule is CC[C@@H](O)c1ccc(OCCCC2CCCO2)cc1. The zero-order valence-electron chi connectivity index (χ0n) is 11.7. The standard InChI is InChI=1S/C16H24O3/c1-2-16(17)13-7-9-15(10-8-13)19-12-4-6-14-5-3-11-18-14/h7-10,14,16-17H,2-6,11-12H2,1H3/t14?,16-/m1/s1. The zero-order valence-corrected chi connectivity index (χ0v) is 11.7. The summed E-state index contributed by atoms with van der Waals surface area (Å²) in [5, 5.41) is 9.70. The Balaban J connectivity index is 1.67. The van der Waals surface area contributed by atoms with Gasteiger partial charge in [-0.15, -0.1) is 0 Å². The van der Waals surface area contributed by atoms with Gasteiger partial charge in [0.25, 0.3) is 0 Å². The molecule has 3 nitrogen and oxygen atoms in total. The highest BCUT2D eigenvalue weighted by molar-refractivity contribution is 5.28. The fourth-order valence-electron chi connectivity index (χ4n) is 2.39. The van der Waals surface area contributed by atoms with Crippen molar-refractivity contribution in [1.82, 2.24) is 0 Å². The van der Waals surface area contributed by atoms with Gasteiger partial charge in [0.2, 0.25) is 0 Å². The summed E-state index contributed by atoms with van der Waals surface area (Å²) in [5.41, 5.74) is 0.953. The van der Waals surface area contributed by atoms with Crippen LogP contribution in [0.5, 0.6) is 5.75 Å². The molecule has 2 atom stereocenters. The topological polar surface area (TPSA) is 38.7 Å². The molecule has 1 saturated heterocycles. The molecule has 1 N–H and O–H groups in total. The molecule has 0 bridgehead atoms. The van der Waals surface area contributed by atoms with E-state index in [9.17, 15) is 5.11 Å². The van der Waals surface area contributed by atoms with Crippen molar-refractivity contribution >= 4 is 0 Å². The van der Waals surface area contributed by atoms with Gasteiger partial charge >= 0.3 is 0 Å². The van der Waals surface area contributed by atoms with Gasteiger partial charge in [-0.05, 0) is 49.8 Å². The Morgan fingerprint density at radius 2 is 2.16 bits per heavy atom. The van der Waals surface area contributed by atoms with Gasteiger partial charge in [-0.25, -0.2) is 0 Å². The van der Waals surface area contributed by atoms with Crippen LogP contribution in [0.1, 0.15) is 50.7 Å². The monoisotopic (exact) mass is 264 g/mol. The Kier molecular flexibility index (Phi) is 5.67. The second-order valence-electron chi connectivity index (χ2n) is 5.12. The summed E-state index contributed by atoms with van der Waals surface area (Å²) in [6.45, 7) is 3.63. The maximum absolute atomic E-state index is 9.70. The summed E-state index contributed by atoms with van der Waals surface area (Å²) in [6.07, 6.45) is 5.34. The van der Waals surface area contributed by atoms with E-state index in [1.54, 1.807) is 0 Å². The molecule has 1 aromatic rings. The highest BCUT2D eigenvalue weighted by atomic mass is 16.5. The molecule has 1 unspecified atom stereocenters. The second kappa shape index (κ2) is 7.51. The molecule has 0 aromatic heterocycles. The van der Waals surface area contributed by atoms with Crippen molar-refractivity contribution in [2.45, 2.75) is 51.2 Å². The van der Waals surface area contributed by atoms with Gasteiger partial charge in [-0.2, -0.15) is 0 Å². The van der Waals surface area contributed by atoms with Gasteiger partial charge < -0.3 is 14.6 Å². The van der Waals surface area contributed by atoms with Gasteiger partial charge in [0.05, 0.1) is 18.8 Å². The van der Waals surface area contributed by atoms with Crippen LogP contribution in [-0.2, 0) is 4.74 Å². The van der Waals surface area contributed by atoms with E-state index in [0.29, 0.717) is 6.10 Å². The van der Waals surface area contributed by atoms with Gasteiger partial charge in [-0.1, -0.05) is 19.1 Å². The van der Waals surface area contributed by atoms with E-state index < -0.39 is 0 Å². The normalized spacial score (nSPS) is 20.4. The average molecular weight is 264 g/mol. The molecule has 1 aliphatic heterocycles. The minimum absolute atomic E-state index is 0.367. The van der Waals surface area contributed by atoms with Crippen molar-refractivity contribution in [2.24, 2.45) is 0 Å². The summed E-state index contributed by atoms with van der Waals surface area (Å²) in [6, 6.07) is 7.73. The fourth-order valence-corrected chi connectivity index (χ4v) is 2.39. The molecule has 3 heteroatoms. The number of aliphatic hydroxyl groups is 1. The van der Waals surface area contributed by atoms with E-state index in [1.165, 1.54) is 12.8 Å². The fraction of sp³-hybridized carbons (Fsp3) is 0.625. The predicted molar refractivity (Wildman–Crippen MR) is 75.4 cm³/mol. The Morgan fingerprint density at radius 3 is 2.79 bits per heavy atom. The maximum atomic E-state index is 9.70. The van der Waals surface area contributed by atoms with E-state index in [2.05, 4.69) is 0 Å². The van der Waals surface area contributed by atoms with Crippen molar-refractivity contribution in [3.05, 3.63) is 29.8 Å². The molecule has 0 saturated carbocycles. The summed E-state index contributed by atoms with van der Waals surface area (Å²) in [7, 11) is 0. The Hall–Kier alpha value is -1.06. The molecule has 0 spiro atoms. The van der Waals surface area contributed by atoms with E-state index in [-0.39, 0.29) is 6.10 Å². The molecule has 0 amide bonds. The Morgan fingerprint density at radius 1 is 1.37 bits per heavy atom. The summed E-state index contributed by atoms with van der Waals surface area (Å²) < 4.78 is 11.3. The lowest BCUT2D eigenvalue weighted by molar-refractivity contribution is 0.0981. The van der Waals surface area contributed by atoms with Crippen LogP contribution in [-0.4, -0.2) is 24.4 Å². The summed E-state index contributed by atoms with van der Waals surface area (Å²) in [5.74, 6) is 0.874. The van der Waals surface area contributed by atoms with Gasteiger partial charge in [0, 0.05) is 6.61 Å². The summed E-state index contributed by atoms with van der Waals surface area (Å²) in [4.78, 5) is 0. The Labute approximate surface area is 115 Å². The van der Waals surface area contributed by atoms with Crippen LogP contribution in [0.3, 0.4) is 0 Å². The molecule has 0 radical (unpaired) electrons. The molecule has 1 aromatic carbocycles. The highest BCUT2D eigenvalue weighted by Gasteiger charge is 2.14. The number of ether oxygens (including phenoxy) is 2. The number of hydrogen-bond donors (Lipinski definition) is 1. The first-order chi connectivity index (χ1) is 9.29. The highest BCUT2D eigenvalue weighted by Crippen LogP contribution is 2.20. The minimum Gasteiger partial charge on any atom is -0.494 e. The number of aliphatic hydroxyl groups excluding tert-OH is 1. The minimum atomic E-state index is -0.367. The van der Waals surface area contributed by atoms with Crippen LogP contribution in [0.2, 0.25) is 0 Å². The Bertz CT molecular complexity index is 355. The first-order valence-electron chi connectivity index (χ1n) is 7.32. The van der Waals surface area contributed by atoms with E-state index in [4.69, 9.17) is 9.47 Å². The quantitative estimate of drug-likeness (QED) is 0.766. The van der Waals surface area contributed by atoms with Gasteiger partial charge in [-0.3, -0.25) is 0 Å². The molecule has 19 heavy (non-hydrogen) atoms. The molecule has 0 aliphatic carbocycles. The molecule has 106 valence electrons. The number of hydrogen-bond acceptors (Lipinski definition) is 3. The van der Waals surface area contributed by atoms with Gasteiger partial charge in [0.1, 0.15) is 5.75 Å². The largest absolute Gasteiger partial charge is 0.494 e. The third kappa shape index (κ3) is 4.51. The lowest BCUT2D eigenvalue weighted by Crippen LogP contribution is -2.07. The van der Waals surface area contributed by atoms with Crippen LogP contribution in [0.15, 0.2) is 24.3 Å². The maximum Gasteiger partial charge on any atom is 0.119 e. The number of benzene rings is 1. The number of rotatable bonds is 7. The van der Waals surface area contributed by atoms with E-state index in [1.807, 2.05) is 31.2 Å². The molecular formula is C16H24O3. The molecule has 1 fully saturated rings. The third-order valence-corrected chi connectivity index (χ3v) is 3.61. The lowest BCUT2D eigenvalue weighted by atomic mass is 10.1. The van der Waals surface area contributed by atoms with E-state index >= 15 is 0 Å².